The van der Waals surface area contributed by atoms with Gasteiger partial charge in [0.2, 0.25) is 0 Å². The molecule has 0 amide bonds. The molecule has 1 spiro atoms. The smallest absolute Gasteiger partial charge is 0.129 e. The molecular weight excluding hydrogens is 366 g/mol. The first-order valence-electron chi connectivity index (χ1n) is 10.4. The number of ether oxygens (including phenoxy) is 1. The number of hydrogen-bond donors (Lipinski definition) is 0. The van der Waals surface area contributed by atoms with E-state index in [0.29, 0.717) is 6.04 Å². The van der Waals surface area contributed by atoms with E-state index < -0.39 is 0 Å². The second-order valence-electron chi connectivity index (χ2n) is 8.13. The SMILES string of the molecule is CCN(c1cccc2ccccc12)C1Cc2cc(Cl)ccc2OC12CCCC2. The molecule has 0 bridgehead atoms. The Morgan fingerprint density at radius 3 is 2.64 bits per heavy atom. The highest BCUT2D eigenvalue weighted by molar-refractivity contribution is 6.30. The minimum atomic E-state index is -0.103. The molecule has 2 aliphatic rings. The van der Waals surface area contributed by atoms with Gasteiger partial charge < -0.3 is 9.64 Å². The molecule has 28 heavy (non-hydrogen) atoms. The van der Waals surface area contributed by atoms with Crippen LogP contribution in [0.4, 0.5) is 5.69 Å². The van der Waals surface area contributed by atoms with Gasteiger partial charge >= 0.3 is 0 Å². The molecule has 3 heteroatoms. The van der Waals surface area contributed by atoms with E-state index in [1.54, 1.807) is 0 Å². The summed E-state index contributed by atoms with van der Waals surface area (Å²) in [4.78, 5) is 2.58. The van der Waals surface area contributed by atoms with Crippen LogP contribution in [0.25, 0.3) is 10.8 Å². The molecule has 2 nitrogen and oxygen atoms in total. The number of rotatable bonds is 3. The van der Waals surface area contributed by atoms with Crippen LogP contribution < -0.4 is 9.64 Å². The average Bonchev–Trinajstić information content (AvgIpc) is 3.18. The van der Waals surface area contributed by atoms with Crippen LogP contribution in [0.3, 0.4) is 0 Å². The number of halogens is 1. The van der Waals surface area contributed by atoms with Gasteiger partial charge in [-0.15, -0.1) is 0 Å². The Morgan fingerprint density at radius 1 is 1.04 bits per heavy atom. The molecule has 0 N–H and O–H groups in total. The van der Waals surface area contributed by atoms with Crippen LogP contribution >= 0.6 is 11.6 Å². The Hall–Kier alpha value is -2.19. The molecule has 1 heterocycles. The normalized spacial score (nSPS) is 20.1. The zero-order chi connectivity index (χ0) is 19.1. The number of anilines is 1. The fourth-order valence-electron chi connectivity index (χ4n) is 5.31. The lowest BCUT2D eigenvalue weighted by Crippen LogP contribution is -2.58. The summed E-state index contributed by atoms with van der Waals surface area (Å²) in [5.74, 6) is 1.02. The maximum absolute atomic E-state index is 6.76. The van der Waals surface area contributed by atoms with Gasteiger partial charge in [-0.25, -0.2) is 0 Å². The summed E-state index contributed by atoms with van der Waals surface area (Å²) in [6.45, 7) is 3.22. The lowest BCUT2D eigenvalue weighted by Gasteiger charge is -2.48. The molecule has 0 aromatic heterocycles. The highest BCUT2D eigenvalue weighted by Gasteiger charge is 2.49. The summed E-state index contributed by atoms with van der Waals surface area (Å²) in [5.41, 5.74) is 2.44. The van der Waals surface area contributed by atoms with Gasteiger partial charge in [-0.1, -0.05) is 48.0 Å². The second kappa shape index (κ2) is 7.00. The number of fused-ring (bicyclic) bond motifs is 2. The lowest BCUT2D eigenvalue weighted by molar-refractivity contribution is 0.0309. The van der Waals surface area contributed by atoms with Crippen molar-refractivity contribution in [2.45, 2.75) is 50.7 Å². The van der Waals surface area contributed by atoms with E-state index in [1.165, 1.54) is 34.9 Å². The van der Waals surface area contributed by atoms with Crippen molar-refractivity contribution in [2.24, 2.45) is 0 Å². The third-order valence-corrected chi connectivity index (χ3v) is 6.83. The van der Waals surface area contributed by atoms with Crippen LogP contribution in [0.2, 0.25) is 5.02 Å². The number of nitrogens with zero attached hydrogens (tertiary/aromatic N) is 1. The van der Waals surface area contributed by atoms with Gasteiger partial charge in [-0.3, -0.25) is 0 Å². The van der Waals surface area contributed by atoms with Gasteiger partial charge in [-0.05, 0) is 67.8 Å². The van der Waals surface area contributed by atoms with Crippen molar-refractivity contribution in [3.05, 3.63) is 71.2 Å². The molecule has 1 aliphatic carbocycles. The minimum Gasteiger partial charge on any atom is -0.485 e. The molecule has 1 aliphatic heterocycles. The zero-order valence-corrected chi connectivity index (χ0v) is 17.1. The van der Waals surface area contributed by atoms with Crippen molar-refractivity contribution in [1.82, 2.24) is 0 Å². The van der Waals surface area contributed by atoms with E-state index in [4.69, 9.17) is 16.3 Å². The van der Waals surface area contributed by atoms with Crippen molar-refractivity contribution in [2.75, 3.05) is 11.4 Å². The standard InChI is InChI=1S/C25H26ClNO/c1-2-27(22-11-7-9-18-8-3-4-10-21(18)22)24-17-19-16-20(26)12-13-23(19)28-25(24)14-5-6-15-25/h3-4,7-13,16,24H,2,5-6,14-15,17H2,1H3. The van der Waals surface area contributed by atoms with E-state index >= 15 is 0 Å². The largest absolute Gasteiger partial charge is 0.485 e. The Bertz CT molecular complexity index is 1000. The molecule has 1 saturated carbocycles. The summed E-state index contributed by atoms with van der Waals surface area (Å²) in [6, 6.07) is 21.7. The molecule has 1 unspecified atom stereocenters. The first kappa shape index (κ1) is 17.9. The molecule has 0 radical (unpaired) electrons. The lowest BCUT2D eigenvalue weighted by atomic mass is 9.82. The van der Waals surface area contributed by atoms with E-state index in [0.717, 1.165) is 36.6 Å². The predicted octanol–water partition coefficient (Wildman–Crippen LogP) is 6.64. The maximum atomic E-state index is 6.76. The second-order valence-corrected chi connectivity index (χ2v) is 8.57. The molecule has 3 aromatic carbocycles. The maximum Gasteiger partial charge on any atom is 0.129 e. The van der Waals surface area contributed by atoms with Gasteiger partial charge in [0, 0.05) is 29.1 Å². The quantitative estimate of drug-likeness (QED) is 0.496. The van der Waals surface area contributed by atoms with Crippen LogP contribution in [0.1, 0.15) is 38.2 Å². The Kier molecular flexibility index (Phi) is 4.47. The third kappa shape index (κ3) is 2.86. The number of benzene rings is 3. The summed E-state index contributed by atoms with van der Waals surface area (Å²) in [7, 11) is 0. The van der Waals surface area contributed by atoms with Crippen molar-refractivity contribution >= 4 is 28.1 Å². The van der Waals surface area contributed by atoms with Crippen LogP contribution in [0, 0.1) is 0 Å². The summed E-state index contributed by atoms with van der Waals surface area (Å²) in [5, 5.41) is 3.40. The number of hydrogen-bond acceptors (Lipinski definition) is 2. The van der Waals surface area contributed by atoms with Gasteiger partial charge in [0.25, 0.3) is 0 Å². The summed E-state index contributed by atoms with van der Waals surface area (Å²) < 4.78 is 6.76. The Morgan fingerprint density at radius 2 is 1.82 bits per heavy atom. The summed E-state index contributed by atoms with van der Waals surface area (Å²) >= 11 is 6.31. The van der Waals surface area contributed by atoms with Gasteiger partial charge in [-0.2, -0.15) is 0 Å². The predicted molar refractivity (Wildman–Crippen MR) is 118 cm³/mol. The monoisotopic (exact) mass is 391 g/mol. The highest BCUT2D eigenvalue weighted by Crippen LogP contribution is 2.47. The first-order chi connectivity index (χ1) is 13.7. The fraction of sp³-hybridized carbons (Fsp3) is 0.360. The van der Waals surface area contributed by atoms with Crippen LogP contribution in [-0.4, -0.2) is 18.2 Å². The highest BCUT2D eigenvalue weighted by atomic mass is 35.5. The fourth-order valence-corrected chi connectivity index (χ4v) is 5.50. The van der Waals surface area contributed by atoms with Crippen LogP contribution in [0.15, 0.2) is 60.7 Å². The molecule has 5 rings (SSSR count). The van der Waals surface area contributed by atoms with Crippen LogP contribution in [0.5, 0.6) is 5.75 Å². The minimum absolute atomic E-state index is 0.103. The van der Waals surface area contributed by atoms with Crippen molar-refractivity contribution < 1.29 is 4.74 Å². The Labute approximate surface area is 172 Å². The molecule has 3 aromatic rings. The zero-order valence-electron chi connectivity index (χ0n) is 16.3. The van der Waals surface area contributed by atoms with Gasteiger partial charge in [0.05, 0.1) is 6.04 Å². The topological polar surface area (TPSA) is 12.5 Å². The third-order valence-electron chi connectivity index (χ3n) is 6.60. The van der Waals surface area contributed by atoms with Gasteiger partial charge in [0.15, 0.2) is 0 Å². The molecule has 1 fully saturated rings. The van der Waals surface area contributed by atoms with Crippen molar-refractivity contribution in [3.8, 4) is 5.75 Å². The Balaban J connectivity index is 1.63. The van der Waals surface area contributed by atoms with Crippen LogP contribution in [-0.2, 0) is 6.42 Å². The van der Waals surface area contributed by atoms with E-state index in [1.807, 2.05) is 6.07 Å². The van der Waals surface area contributed by atoms with E-state index in [2.05, 4.69) is 66.4 Å². The first-order valence-corrected chi connectivity index (χ1v) is 10.8. The summed E-state index contributed by atoms with van der Waals surface area (Å²) in [6.07, 6.45) is 5.72. The van der Waals surface area contributed by atoms with E-state index in [-0.39, 0.29) is 5.60 Å². The number of likely N-dealkylation sites (N-methyl/N-ethyl adjacent to an activating group) is 1. The average molecular weight is 392 g/mol. The van der Waals surface area contributed by atoms with Gasteiger partial charge in [0.1, 0.15) is 11.4 Å². The van der Waals surface area contributed by atoms with Crippen molar-refractivity contribution in [1.29, 1.82) is 0 Å². The van der Waals surface area contributed by atoms with E-state index in [9.17, 15) is 0 Å². The van der Waals surface area contributed by atoms with Crippen molar-refractivity contribution in [3.63, 3.8) is 0 Å². The molecular formula is C25H26ClNO. The molecule has 0 saturated heterocycles. The molecule has 144 valence electrons. The molecule has 1 atom stereocenters.